The molecule has 0 radical (unpaired) electrons. The monoisotopic (exact) mass is 945 g/mol. The van der Waals surface area contributed by atoms with Gasteiger partial charge in [0.05, 0.1) is 55.9 Å². The Morgan fingerprint density at radius 2 is 1.10 bits per heavy atom. The van der Waals surface area contributed by atoms with Crippen LogP contribution < -0.4 is 5.73 Å². The van der Waals surface area contributed by atoms with Gasteiger partial charge in [0.1, 0.15) is 0 Å². The molecule has 15 nitrogen and oxygen atoms in total. The number of anilines is 1. The van der Waals surface area contributed by atoms with E-state index in [0.717, 1.165) is 42.5 Å². The quantitative estimate of drug-likeness (QED) is 0.164. The SMILES string of the molecule is Nc1cnnc2cc(CN3CCN(S(=O)(=O)C=Cc4ccc(Cl)s4)CC3=O)ccc12.O=C1CN(S(=O)(=O)C=Cc2ccc(Cl)s2)CCN1Cc1ccc2c(Cl)cnnc2c1. The Morgan fingerprint density at radius 3 is 1.57 bits per heavy atom. The van der Waals surface area contributed by atoms with Gasteiger partial charge >= 0.3 is 0 Å². The van der Waals surface area contributed by atoms with Crippen LogP contribution in [-0.2, 0) is 42.7 Å². The molecular weight excluding hydrogens is 913 g/mol. The van der Waals surface area contributed by atoms with Gasteiger partial charge in [-0.25, -0.2) is 16.8 Å². The van der Waals surface area contributed by atoms with Crippen molar-refractivity contribution in [3.8, 4) is 0 Å². The van der Waals surface area contributed by atoms with E-state index in [1.165, 1.54) is 55.8 Å². The third-order valence-corrected chi connectivity index (χ3v) is 15.1. The number of carbonyl (C=O) groups excluding carboxylic acids is 2. The molecule has 2 aromatic carbocycles. The van der Waals surface area contributed by atoms with E-state index in [9.17, 15) is 26.4 Å². The fourth-order valence-electron chi connectivity index (χ4n) is 6.29. The van der Waals surface area contributed by atoms with Gasteiger partial charge in [0.15, 0.2) is 0 Å². The van der Waals surface area contributed by atoms with Gasteiger partial charge in [-0.15, -0.1) is 22.7 Å². The summed E-state index contributed by atoms with van der Waals surface area (Å²) in [5, 5.41) is 20.2. The third-order valence-electron chi connectivity index (χ3n) is 9.42. The summed E-state index contributed by atoms with van der Waals surface area (Å²) in [6.45, 7) is 1.39. The van der Waals surface area contributed by atoms with Crippen LogP contribution in [0.15, 0.2) is 83.9 Å². The maximum atomic E-state index is 12.6. The van der Waals surface area contributed by atoms with Crippen LogP contribution in [0.2, 0.25) is 13.7 Å². The molecule has 6 aromatic rings. The number of nitrogen functional groups attached to an aromatic ring is 1. The number of amides is 2. The van der Waals surface area contributed by atoms with Crippen LogP contribution in [0.5, 0.6) is 0 Å². The molecule has 0 saturated carbocycles. The van der Waals surface area contributed by atoms with E-state index in [0.29, 0.717) is 56.6 Å². The third kappa shape index (κ3) is 10.7. The maximum absolute atomic E-state index is 12.6. The molecule has 0 bridgehead atoms. The molecule has 0 spiro atoms. The van der Waals surface area contributed by atoms with Crippen molar-refractivity contribution in [2.24, 2.45) is 0 Å². The smallest absolute Gasteiger partial charge is 0.238 e. The van der Waals surface area contributed by atoms with Crippen molar-refractivity contribution in [1.82, 2.24) is 38.8 Å². The van der Waals surface area contributed by atoms with Gasteiger partial charge in [0.2, 0.25) is 31.9 Å². The average molecular weight is 947 g/mol. The lowest BCUT2D eigenvalue weighted by Gasteiger charge is -2.33. The van der Waals surface area contributed by atoms with Crippen molar-refractivity contribution in [3.05, 3.63) is 118 Å². The van der Waals surface area contributed by atoms with Crippen LogP contribution in [-0.4, -0.2) is 107 Å². The highest BCUT2D eigenvalue weighted by atomic mass is 35.5. The van der Waals surface area contributed by atoms with Crippen LogP contribution in [0.25, 0.3) is 34.0 Å². The minimum Gasteiger partial charge on any atom is -0.397 e. The Morgan fingerprint density at radius 1 is 0.633 bits per heavy atom. The predicted molar refractivity (Wildman–Crippen MR) is 237 cm³/mol. The second kappa shape index (κ2) is 18.6. The topological polar surface area (TPSA) is 193 Å². The normalized spacial score (nSPS) is 16.1. The zero-order valence-electron chi connectivity index (χ0n) is 31.3. The minimum absolute atomic E-state index is 0.196. The molecule has 2 aliphatic rings. The summed E-state index contributed by atoms with van der Waals surface area (Å²) in [4.78, 5) is 29.9. The first kappa shape index (κ1) is 43.5. The number of sulfonamides is 2. The number of thiophene rings is 2. The van der Waals surface area contributed by atoms with Gasteiger partial charge in [-0.05, 0) is 59.7 Å². The molecule has 0 aliphatic carbocycles. The summed E-state index contributed by atoms with van der Waals surface area (Å²) in [7, 11) is -7.40. The van der Waals surface area contributed by atoms with Crippen molar-refractivity contribution in [2.45, 2.75) is 13.1 Å². The second-order valence-corrected chi connectivity index (χ2v) is 21.0. The highest BCUT2D eigenvalue weighted by Crippen LogP contribution is 2.26. The Balaban J connectivity index is 0.000000181. The first-order chi connectivity index (χ1) is 28.6. The second-order valence-electron chi connectivity index (χ2n) is 13.5. The van der Waals surface area contributed by atoms with Gasteiger partial charge < -0.3 is 15.5 Å². The number of carbonyl (C=O) groups is 2. The molecule has 2 fully saturated rings. The van der Waals surface area contributed by atoms with E-state index in [1.807, 2.05) is 36.4 Å². The number of fused-ring (bicyclic) bond motifs is 2. The van der Waals surface area contributed by atoms with Gasteiger partial charge in [-0.1, -0.05) is 59.1 Å². The van der Waals surface area contributed by atoms with Gasteiger partial charge in [0.25, 0.3) is 0 Å². The van der Waals surface area contributed by atoms with Crippen molar-refractivity contribution < 1.29 is 26.4 Å². The average Bonchev–Trinajstić information content (AvgIpc) is 3.85. The molecule has 8 rings (SSSR count). The molecule has 2 N–H and O–H groups in total. The summed E-state index contributed by atoms with van der Waals surface area (Å²) in [5.41, 5.74) is 9.48. The van der Waals surface area contributed by atoms with E-state index in [-0.39, 0.29) is 38.0 Å². The number of nitrogens with zero attached hydrogens (tertiary/aromatic N) is 8. The molecule has 2 amide bonds. The predicted octanol–water partition coefficient (Wildman–Crippen LogP) is 6.21. The van der Waals surface area contributed by atoms with E-state index < -0.39 is 20.0 Å². The molecule has 4 aromatic heterocycles. The molecule has 0 unspecified atom stereocenters. The number of hydrogen-bond acceptors (Lipinski definition) is 13. The van der Waals surface area contributed by atoms with Gasteiger partial charge in [0, 0.05) is 70.6 Å². The lowest BCUT2D eigenvalue weighted by atomic mass is 10.1. The summed E-state index contributed by atoms with van der Waals surface area (Å²) >= 11 is 20.4. The van der Waals surface area contributed by atoms with Crippen molar-refractivity contribution in [3.63, 3.8) is 0 Å². The van der Waals surface area contributed by atoms with Gasteiger partial charge in [-0.3, -0.25) is 9.59 Å². The van der Waals surface area contributed by atoms with Crippen molar-refractivity contribution >= 4 is 129 Å². The molecule has 22 heteroatoms. The van der Waals surface area contributed by atoms with Crippen LogP contribution >= 0.6 is 57.5 Å². The summed E-state index contributed by atoms with van der Waals surface area (Å²) in [6, 6.07) is 18.0. The molecule has 312 valence electrons. The summed E-state index contributed by atoms with van der Waals surface area (Å²) in [6.07, 6.45) is 5.95. The first-order valence-corrected chi connectivity index (χ1v) is 23.7. The molecule has 0 atom stereocenters. The first-order valence-electron chi connectivity index (χ1n) is 18.0. The number of piperazine rings is 2. The fourth-order valence-corrected chi connectivity index (χ4v) is 10.8. The van der Waals surface area contributed by atoms with Crippen LogP contribution in [0.3, 0.4) is 0 Å². The Hall–Kier alpha value is -4.57. The van der Waals surface area contributed by atoms with Gasteiger partial charge in [-0.2, -0.15) is 29.0 Å². The standard InChI is InChI=1S/C19H16Cl2N4O3S2.C19H18ClN5O3S2/c20-16-10-22-23-17-9-13(1-3-15(16)17)11-24-6-7-25(12-19(24)26)30(27,28)8-5-14-2-4-18(21)29-14;20-18-4-2-14(29-18)5-8-30(27,28)25-7-6-24(19(26)12-25)11-13-1-3-15-16(21)10-22-23-17(15)9-13/h1-5,8-10H,6-7,11-12H2;1-5,8-10H,6-7,11-12H2,(H2,21,23). The zero-order valence-corrected chi connectivity index (χ0v) is 36.8. The van der Waals surface area contributed by atoms with Crippen molar-refractivity contribution in [1.29, 1.82) is 0 Å². The summed E-state index contributed by atoms with van der Waals surface area (Å²) < 4.78 is 53.8. The van der Waals surface area contributed by atoms with Crippen LogP contribution in [0, 0.1) is 0 Å². The Bertz CT molecular complexity index is 2680. The largest absolute Gasteiger partial charge is 0.397 e. The van der Waals surface area contributed by atoms with E-state index >= 15 is 0 Å². The highest BCUT2D eigenvalue weighted by molar-refractivity contribution is 7.92. The number of aromatic nitrogens is 4. The molecule has 60 heavy (non-hydrogen) atoms. The molecular formula is C38H34Cl3N9O6S4. The zero-order chi connectivity index (χ0) is 42.6. The fraction of sp³-hybridized carbons (Fsp3) is 0.211. The van der Waals surface area contributed by atoms with E-state index in [1.54, 1.807) is 34.1 Å². The van der Waals surface area contributed by atoms with E-state index in [4.69, 9.17) is 40.5 Å². The van der Waals surface area contributed by atoms with Crippen LogP contribution in [0.4, 0.5) is 5.69 Å². The number of hydrogen-bond donors (Lipinski definition) is 1. The molecule has 2 aliphatic heterocycles. The maximum Gasteiger partial charge on any atom is 0.238 e. The lowest BCUT2D eigenvalue weighted by molar-refractivity contribution is -0.135. The number of nitrogens with two attached hydrogens (primary N) is 1. The number of rotatable bonds is 10. The van der Waals surface area contributed by atoms with E-state index in [2.05, 4.69) is 20.4 Å². The van der Waals surface area contributed by atoms with Crippen molar-refractivity contribution in [2.75, 3.05) is 45.0 Å². The summed E-state index contributed by atoms with van der Waals surface area (Å²) in [5.74, 6) is -0.509. The minimum atomic E-state index is -3.70. The molecule has 2 saturated heterocycles. The number of benzene rings is 2. The highest BCUT2D eigenvalue weighted by Gasteiger charge is 2.32. The Labute approximate surface area is 368 Å². The molecule has 6 heterocycles. The Kier molecular flexibility index (Phi) is 13.5. The van der Waals surface area contributed by atoms with Crippen LogP contribution in [0.1, 0.15) is 20.9 Å². The number of halogens is 3. The lowest BCUT2D eigenvalue weighted by Crippen LogP contribution is -2.51.